The van der Waals surface area contributed by atoms with Crippen molar-refractivity contribution in [2.45, 2.75) is 12.5 Å². The number of hydrogen-bond acceptors (Lipinski definition) is 4. The minimum absolute atomic E-state index is 0.468. The second-order valence-corrected chi connectivity index (χ2v) is 6.55. The number of aromatic nitrogens is 3. The molecule has 0 saturated heterocycles. The fourth-order valence-electron chi connectivity index (χ4n) is 1.31. The third kappa shape index (κ3) is 2.53. The van der Waals surface area contributed by atoms with Crippen molar-refractivity contribution in [3.8, 4) is 0 Å². The number of halogens is 2. The van der Waals surface area contributed by atoms with Crippen LogP contribution in [0.1, 0.15) is 16.8 Å². The number of aliphatic hydroxyl groups excluding tert-OH is 1. The standard InChI is InChI=1S/C9H9Br2N3OS/c1-14-8(12-4-13-14)3-6(15)7-2-5(10)9(11)16-7/h2,4,6,15H,3H2,1H3. The highest BCUT2D eigenvalue weighted by Crippen LogP contribution is 2.36. The average molecular weight is 367 g/mol. The molecule has 0 fully saturated rings. The zero-order valence-electron chi connectivity index (χ0n) is 8.39. The first kappa shape index (κ1) is 12.2. The molecule has 16 heavy (non-hydrogen) atoms. The summed E-state index contributed by atoms with van der Waals surface area (Å²) in [5, 5.41) is 14.0. The van der Waals surface area contributed by atoms with E-state index in [1.165, 1.54) is 17.7 Å². The molecule has 0 saturated carbocycles. The smallest absolute Gasteiger partial charge is 0.138 e. The van der Waals surface area contributed by atoms with Gasteiger partial charge in [-0.2, -0.15) is 5.10 Å². The number of thiophene rings is 1. The Hall–Kier alpha value is -0.240. The summed E-state index contributed by atoms with van der Waals surface area (Å²) in [6.45, 7) is 0. The van der Waals surface area contributed by atoms with E-state index in [9.17, 15) is 5.11 Å². The maximum absolute atomic E-state index is 10.0. The molecule has 4 nitrogen and oxygen atoms in total. The summed E-state index contributed by atoms with van der Waals surface area (Å²) in [4.78, 5) is 4.99. The molecule has 0 aliphatic carbocycles. The summed E-state index contributed by atoms with van der Waals surface area (Å²) in [6, 6.07) is 1.91. The van der Waals surface area contributed by atoms with Gasteiger partial charge in [0.1, 0.15) is 12.2 Å². The van der Waals surface area contributed by atoms with Gasteiger partial charge in [0.15, 0.2) is 0 Å². The molecule has 0 bridgehead atoms. The zero-order valence-corrected chi connectivity index (χ0v) is 12.4. The number of aliphatic hydroxyl groups is 1. The zero-order chi connectivity index (χ0) is 11.7. The number of hydrogen-bond donors (Lipinski definition) is 1. The third-order valence-corrected chi connectivity index (χ3v) is 5.53. The van der Waals surface area contributed by atoms with Crippen molar-refractivity contribution in [2.24, 2.45) is 7.05 Å². The Morgan fingerprint density at radius 2 is 2.31 bits per heavy atom. The van der Waals surface area contributed by atoms with Gasteiger partial charge in [0, 0.05) is 22.8 Å². The van der Waals surface area contributed by atoms with E-state index in [0.717, 1.165) is 19.0 Å². The molecular weight excluding hydrogens is 358 g/mol. The predicted octanol–water partition coefficient (Wildman–Crippen LogP) is 2.68. The highest BCUT2D eigenvalue weighted by Gasteiger charge is 2.15. The van der Waals surface area contributed by atoms with Crippen LogP contribution in [0.25, 0.3) is 0 Å². The molecule has 0 aliphatic heterocycles. The van der Waals surface area contributed by atoms with E-state index in [-0.39, 0.29) is 0 Å². The minimum Gasteiger partial charge on any atom is -0.387 e. The first-order valence-corrected chi connectivity index (χ1v) is 6.94. The highest BCUT2D eigenvalue weighted by molar-refractivity contribution is 9.13. The van der Waals surface area contributed by atoms with E-state index in [2.05, 4.69) is 41.9 Å². The molecule has 0 amide bonds. The van der Waals surface area contributed by atoms with E-state index in [1.807, 2.05) is 13.1 Å². The fraction of sp³-hybridized carbons (Fsp3) is 0.333. The van der Waals surface area contributed by atoms with Crippen molar-refractivity contribution in [3.63, 3.8) is 0 Å². The van der Waals surface area contributed by atoms with Gasteiger partial charge in [-0.15, -0.1) is 11.3 Å². The lowest BCUT2D eigenvalue weighted by Gasteiger charge is -2.06. The summed E-state index contributed by atoms with van der Waals surface area (Å²) in [5.74, 6) is 0.771. The minimum atomic E-state index is -0.546. The maximum atomic E-state index is 10.0. The molecule has 2 rings (SSSR count). The number of nitrogens with zero attached hydrogens (tertiary/aromatic N) is 3. The molecule has 1 N–H and O–H groups in total. The Morgan fingerprint density at radius 3 is 2.81 bits per heavy atom. The largest absolute Gasteiger partial charge is 0.387 e. The van der Waals surface area contributed by atoms with Crippen LogP contribution >= 0.6 is 43.2 Å². The predicted molar refractivity (Wildman–Crippen MR) is 69.4 cm³/mol. The van der Waals surface area contributed by atoms with E-state index in [4.69, 9.17) is 0 Å². The highest BCUT2D eigenvalue weighted by atomic mass is 79.9. The van der Waals surface area contributed by atoms with Crippen LogP contribution in [-0.4, -0.2) is 19.9 Å². The first-order valence-electron chi connectivity index (χ1n) is 4.53. The summed E-state index contributed by atoms with van der Waals surface area (Å²) in [5.41, 5.74) is 0. The molecule has 0 spiro atoms. The van der Waals surface area contributed by atoms with Gasteiger partial charge in [-0.25, -0.2) is 4.98 Å². The molecular formula is C9H9Br2N3OS. The lowest BCUT2D eigenvalue weighted by atomic mass is 10.2. The van der Waals surface area contributed by atoms with Gasteiger partial charge in [-0.1, -0.05) is 0 Å². The second-order valence-electron chi connectivity index (χ2n) is 3.29. The molecule has 2 heterocycles. The van der Waals surface area contributed by atoms with Crippen molar-refractivity contribution in [1.82, 2.24) is 14.8 Å². The van der Waals surface area contributed by atoms with E-state index < -0.39 is 6.10 Å². The van der Waals surface area contributed by atoms with Crippen molar-refractivity contribution in [1.29, 1.82) is 0 Å². The van der Waals surface area contributed by atoms with Gasteiger partial charge in [-0.3, -0.25) is 4.68 Å². The van der Waals surface area contributed by atoms with Crippen molar-refractivity contribution in [2.75, 3.05) is 0 Å². The van der Waals surface area contributed by atoms with Gasteiger partial charge < -0.3 is 5.11 Å². The summed E-state index contributed by atoms with van der Waals surface area (Å²) in [7, 11) is 1.81. The normalized spacial score (nSPS) is 13.0. The van der Waals surface area contributed by atoms with Crippen molar-refractivity contribution < 1.29 is 5.11 Å². The molecule has 7 heteroatoms. The quantitative estimate of drug-likeness (QED) is 0.908. The van der Waals surface area contributed by atoms with Crippen LogP contribution in [0.3, 0.4) is 0 Å². The molecule has 86 valence electrons. The Bertz CT molecular complexity index is 477. The average Bonchev–Trinajstić information content (AvgIpc) is 2.76. The van der Waals surface area contributed by atoms with E-state index >= 15 is 0 Å². The van der Waals surface area contributed by atoms with Gasteiger partial charge in [0.2, 0.25) is 0 Å². The molecule has 2 aromatic rings. The summed E-state index contributed by atoms with van der Waals surface area (Å²) < 4.78 is 3.62. The molecule has 0 aromatic carbocycles. The Morgan fingerprint density at radius 1 is 1.56 bits per heavy atom. The molecule has 1 unspecified atom stereocenters. The first-order chi connectivity index (χ1) is 7.58. The van der Waals surface area contributed by atoms with Gasteiger partial charge in [-0.05, 0) is 37.9 Å². The van der Waals surface area contributed by atoms with E-state index in [0.29, 0.717) is 6.42 Å². The van der Waals surface area contributed by atoms with Crippen LogP contribution in [0.4, 0.5) is 0 Å². The van der Waals surface area contributed by atoms with E-state index in [1.54, 1.807) is 4.68 Å². The molecule has 0 aliphatic rings. The molecule has 1 atom stereocenters. The Kier molecular flexibility index (Phi) is 3.78. The number of aryl methyl sites for hydroxylation is 1. The lowest BCUT2D eigenvalue weighted by Crippen LogP contribution is -2.06. The topological polar surface area (TPSA) is 50.9 Å². The van der Waals surface area contributed by atoms with Crippen LogP contribution in [0.15, 0.2) is 20.7 Å². The van der Waals surface area contributed by atoms with Gasteiger partial charge in [0.25, 0.3) is 0 Å². The summed E-state index contributed by atoms with van der Waals surface area (Å²) >= 11 is 8.31. The Labute approximate surface area is 114 Å². The van der Waals surface area contributed by atoms with Crippen LogP contribution < -0.4 is 0 Å². The molecule has 0 radical (unpaired) electrons. The van der Waals surface area contributed by atoms with Crippen LogP contribution in [-0.2, 0) is 13.5 Å². The van der Waals surface area contributed by atoms with Crippen LogP contribution in [0, 0.1) is 0 Å². The van der Waals surface area contributed by atoms with Crippen LogP contribution in [0.5, 0.6) is 0 Å². The van der Waals surface area contributed by atoms with Crippen molar-refractivity contribution in [3.05, 3.63) is 31.4 Å². The SMILES string of the molecule is Cn1ncnc1CC(O)c1cc(Br)c(Br)s1. The van der Waals surface area contributed by atoms with Gasteiger partial charge in [0.05, 0.1) is 9.89 Å². The monoisotopic (exact) mass is 365 g/mol. The third-order valence-electron chi connectivity index (χ3n) is 2.17. The fourth-order valence-corrected chi connectivity index (χ4v) is 3.38. The summed E-state index contributed by atoms with van der Waals surface area (Å²) in [6.07, 6.45) is 1.41. The van der Waals surface area contributed by atoms with Gasteiger partial charge >= 0.3 is 0 Å². The number of rotatable bonds is 3. The van der Waals surface area contributed by atoms with Crippen molar-refractivity contribution >= 4 is 43.2 Å². The van der Waals surface area contributed by atoms with Crippen LogP contribution in [0.2, 0.25) is 0 Å². The Balaban J connectivity index is 2.14. The lowest BCUT2D eigenvalue weighted by molar-refractivity contribution is 0.178. The second kappa shape index (κ2) is 4.95. The molecule has 2 aromatic heterocycles. The maximum Gasteiger partial charge on any atom is 0.138 e.